The molecule has 13 rings (SSSR count). The van der Waals surface area contributed by atoms with Crippen LogP contribution in [0.2, 0.25) is 0 Å². The lowest BCUT2D eigenvalue weighted by atomic mass is 9.78. The minimum Gasteiger partial charge on any atom is -0.456 e. The van der Waals surface area contributed by atoms with Gasteiger partial charge in [0.25, 0.3) is 0 Å². The van der Waals surface area contributed by atoms with Crippen molar-refractivity contribution >= 4 is 62.8 Å². The largest absolute Gasteiger partial charge is 0.456 e. The molecule has 0 N–H and O–H groups in total. The third kappa shape index (κ3) is 5.98. The van der Waals surface area contributed by atoms with E-state index in [9.17, 15) is 0 Å². The molecule has 7 aromatic rings. The van der Waals surface area contributed by atoms with E-state index in [1.807, 2.05) is 11.8 Å². The molecule has 6 aromatic carbocycles. The Labute approximate surface area is 377 Å². The molecule has 5 heteroatoms. The van der Waals surface area contributed by atoms with Crippen molar-refractivity contribution in [2.45, 2.75) is 60.8 Å². The lowest BCUT2D eigenvalue weighted by Gasteiger charge is -2.41. The Hall–Kier alpha value is -6.95. The quantitative estimate of drug-likeness (QED) is 0.167. The van der Waals surface area contributed by atoms with Crippen molar-refractivity contribution in [2.24, 2.45) is 9.98 Å². The van der Waals surface area contributed by atoms with Gasteiger partial charge in [-0.25, -0.2) is 4.99 Å². The first-order valence-electron chi connectivity index (χ1n) is 22.7. The zero-order valence-electron chi connectivity index (χ0n) is 35.7. The molecule has 308 valence electrons. The number of para-hydroxylation sites is 2. The molecule has 64 heavy (non-hydrogen) atoms. The number of thioether (sulfide) groups is 1. The smallest absolute Gasteiger partial charge is 0.155 e. The zero-order valence-corrected chi connectivity index (χ0v) is 36.5. The minimum atomic E-state index is -0.195. The average Bonchev–Trinajstić information content (AvgIpc) is 4.01. The molecule has 3 aliphatic carbocycles. The van der Waals surface area contributed by atoms with Gasteiger partial charge in [0.15, 0.2) is 5.84 Å². The van der Waals surface area contributed by atoms with Gasteiger partial charge >= 0.3 is 0 Å². The Morgan fingerprint density at radius 1 is 0.672 bits per heavy atom. The molecule has 2 unspecified atom stereocenters. The predicted molar refractivity (Wildman–Crippen MR) is 265 cm³/mol. The summed E-state index contributed by atoms with van der Waals surface area (Å²) in [5.74, 6) is 0.790. The standard InChI is InChI=1S/C59H45N3OS/c1-59-32-31-40(36-50(59)49-35-39(37-15-4-2-5-16-37)29-30-51(49)62(59)44-21-6-3-7-22-44)38-17-12-20-43(33-38)58-60-54(57-55(61-58)48-24-9-11-28-53(48)64-57)42-19-13-18-41(34-42)45-25-14-26-47-46-23-8-10-27-52(46)63-56(45)47/h2-13,15-24,26-28,31,33-36,55,57H,14,25,29-30,32H2,1H3/t55?,57-,59?/m0/s1. The lowest BCUT2D eigenvalue weighted by molar-refractivity contribution is 0.547. The van der Waals surface area contributed by atoms with Crippen LogP contribution in [0.3, 0.4) is 0 Å². The van der Waals surface area contributed by atoms with Crippen LogP contribution >= 0.6 is 11.8 Å². The zero-order chi connectivity index (χ0) is 42.4. The second kappa shape index (κ2) is 14.8. The number of hydrogen-bond donors (Lipinski definition) is 0. The van der Waals surface area contributed by atoms with Crippen LogP contribution in [0.1, 0.15) is 78.5 Å². The number of amidine groups is 1. The molecule has 0 fully saturated rings. The molecule has 6 aliphatic rings. The number of aliphatic imine (C=N–C) groups is 2. The van der Waals surface area contributed by atoms with E-state index in [1.54, 1.807) is 0 Å². The average molecular weight is 844 g/mol. The molecular weight excluding hydrogens is 799 g/mol. The first-order chi connectivity index (χ1) is 31.6. The number of furan rings is 1. The molecule has 3 aliphatic heterocycles. The fourth-order valence-electron chi connectivity index (χ4n) is 11.1. The Morgan fingerprint density at radius 3 is 2.30 bits per heavy atom. The van der Waals surface area contributed by atoms with Crippen molar-refractivity contribution < 1.29 is 4.42 Å². The number of nitrogens with zero attached hydrogens (tertiary/aromatic N) is 3. The van der Waals surface area contributed by atoms with Crippen LogP contribution in [0.25, 0.3) is 33.8 Å². The van der Waals surface area contributed by atoms with Crippen LogP contribution < -0.4 is 15.5 Å². The minimum absolute atomic E-state index is 0.0311. The molecule has 0 bridgehead atoms. The van der Waals surface area contributed by atoms with Gasteiger partial charge in [0.1, 0.15) is 11.0 Å². The Kier molecular flexibility index (Phi) is 8.71. The summed E-state index contributed by atoms with van der Waals surface area (Å²) in [5, 5.41) is 2.48. The molecule has 3 atom stereocenters. The SMILES string of the molecule is CC12CC=C(c3cccc(C4=NC5c6ccccc6S[C@H]5C(c5cccc(C6=c7oc8ccccc8c7=CCC6)c5)=N4)c3)C=C1C1=C(CCC(c3ccccc3)=C1)N2c1ccccc1. The van der Waals surface area contributed by atoms with Crippen LogP contribution in [0, 0.1) is 0 Å². The maximum absolute atomic E-state index is 6.56. The Bertz CT molecular complexity index is 3420. The molecule has 0 saturated carbocycles. The topological polar surface area (TPSA) is 41.1 Å². The highest BCUT2D eigenvalue weighted by atomic mass is 32.2. The Balaban J connectivity index is 0.901. The van der Waals surface area contributed by atoms with Crippen molar-refractivity contribution in [3.8, 4) is 0 Å². The molecule has 4 nitrogen and oxygen atoms in total. The molecule has 0 saturated heterocycles. The highest BCUT2D eigenvalue weighted by molar-refractivity contribution is 8.01. The van der Waals surface area contributed by atoms with Crippen LogP contribution in [-0.4, -0.2) is 22.3 Å². The number of benzene rings is 6. The van der Waals surface area contributed by atoms with Crippen LogP contribution in [0.15, 0.2) is 212 Å². The second-order valence-electron chi connectivity index (χ2n) is 18.0. The van der Waals surface area contributed by atoms with Crippen molar-refractivity contribution in [1.82, 2.24) is 0 Å². The molecule has 1 aromatic heterocycles. The van der Waals surface area contributed by atoms with Crippen molar-refractivity contribution in [3.63, 3.8) is 0 Å². The van der Waals surface area contributed by atoms with E-state index < -0.39 is 0 Å². The summed E-state index contributed by atoms with van der Waals surface area (Å²) in [6.07, 6.45) is 14.6. The molecule has 4 heterocycles. The van der Waals surface area contributed by atoms with Crippen molar-refractivity contribution in [3.05, 3.63) is 237 Å². The lowest BCUT2D eigenvalue weighted by Crippen LogP contribution is -2.43. The first-order valence-corrected chi connectivity index (χ1v) is 23.6. The molecule has 0 radical (unpaired) electrons. The van der Waals surface area contributed by atoms with E-state index in [1.165, 1.54) is 77.0 Å². The number of anilines is 1. The summed E-state index contributed by atoms with van der Waals surface area (Å²) in [7, 11) is 0. The van der Waals surface area contributed by atoms with E-state index in [0.717, 1.165) is 65.8 Å². The van der Waals surface area contributed by atoms with Crippen LogP contribution in [-0.2, 0) is 0 Å². The summed E-state index contributed by atoms with van der Waals surface area (Å²) in [4.78, 5) is 15.0. The number of fused-ring (bicyclic) bond motifs is 8. The monoisotopic (exact) mass is 843 g/mol. The summed E-state index contributed by atoms with van der Waals surface area (Å²) >= 11 is 1.90. The molecule has 0 spiro atoms. The van der Waals surface area contributed by atoms with Crippen LogP contribution in [0.4, 0.5) is 5.69 Å². The number of hydrogen-bond acceptors (Lipinski definition) is 5. The van der Waals surface area contributed by atoms with E-state index in [0.29, 0.717) is 0 Å². The van der Waals surface area contributed by atoms with E-state index >= 15 is 0 Å². The van der Waals surface area contributed by atoms with Gasteiger partial charge in [-0.1, -0.05) is 133 Å². The number of rotatable bonds is 6. The number of allylic oxidation sites excluding steroid dienone is 5. The highest BCUT2D eigenvalue weighted by Gasteiger charge is 2.47. The fraction of sp³-hybridized carbons (Fsp3) is 0.153. The van der Waals surface area contributed by atoms with Gasteiger partial charge in [-0.2, -0.15) is 0 Å². The summed E-state index contributed by atoms with van der Waals surface area (Å²) in [5.41, 5.74) is 19.3. The summed E-state index contributed by atoms with van der Waals surface area (Å²) in [6, 6.07) is 57.0. The maximum atomic E-state index is 6.56. The predicted octanol–water partition coefficient (Wildman–Crippen LogP) is 12.8. The molecular formula is C59H45N3OS. The third-order valence-electron chi connectivity index (χ3n) is 14.2. The van der Waals surface area contributed by atoms with Gasteiger partial charge in [-0.15, -0.1) is 11.8 Å². The maximum Gasteiger partial charge on any atom is 0.155 e. The third-order valence-corrected chi connectivity index (χ3v) is 15.6. The Morgan fingerprint density at radius 2 is 1.41 bits per heavy atom. The van der Waals surface area contributed by atoms with Crippen LogP contribution in [0.5, 0.6) is 0 Å². The summed E-state index contributed by atoms with van der Waals surface area (Å²) in [6.45, 7) is 2.43. The van der Waals surface area contributed by atoms with Gasteiger partial charge < -0.3 is 9.32 Å². The second-order valence-corrected chi connectivity index (χ2v) is 19.1. The van der Waals surface area contributed by atoms with Crippen molar-refractivity contribution in [2.75, 3.05) is 4.90 Å². The van der Waals surface area contributed by atoms with Gasteiger partial charge in [0.2, 0.25) is 0 Å². The molecule has 0 amide bonds. The van der Waals surface area contributed by atoms with E-state index in [2.05, 4.69) is 194 Å². The fourth-order valence-corrected chi connectivity index (χ4v) is 12.5. The van der Waals surface area contributed by atoms with Gasteiger partial charge in [0, 0.05) is 38.0 Å². The summed E-state index contributed by atoms with van der Waals surface area (Å²) < 4.78 is 6.56. The van der Waals surface area contributed by atoms with Gasteiger partial charge in [0.05, 0.1) is 22.5 Å². The van der Waals surface area contributed by atoms with Gasteiger partial charge in [-0.3, -0.25) is 4.99 Å². The van der Waals surface area contributed by atoms with E-state index in [4.69, 9.17) is 14.4 Å². The highest BCUT2D eigenvalue weighted by Crippen LogP contribution is 2.54. The first kappa shape index (κ1) is 37.6. The van der Waals surface area contributed by atoms with E-state index in [-0.39, 0.29) is 16.8 Å². The van der Waals surface area contributed by atoms with Gasteiger partial charge in [-0.05, 0) is 138 Å². The normalized spacial score (nSPS) is 22.0. The van der Waals surface area contributed by atoms with Crippen molar-refractivity contribution in [1.29, 1.82) is 0 Å².